The number of amidine groups is 1. The van der Waals surface area contributed by atoms with E-state index >= 15 is 0 Å². The standard InChI is InChI=1S/C16H22FN3O3/c1-16(2,3)23-15(21)20(12-8-9-12)13(14(18)19-22)10-4-6-11(17)7-5-10/h4-7,12-13,22H,8-9H2,1-3H3,(H2,18,19). The first-order valence-electron chi connectivity index (χ1n) is 7.47. The van der Waals surface area contributed by atoms with Gasteiger partial charge in [0.15, 0.2) is 5.84 Å². The summed E-state index contributed by atoms with van der Waals surface area (Å²) < 4.78 is 18.6. The van der Waals surface area contributed by atoms with Crippen molar-refractivity contribution in [1.82, 2.24) is 4.90 Å². The number of benzene rings is 1. The number of carbonyl (C=O) groups excluding carboxylic acids is 1. The van der Waals surface area contributed by atoms with Gasteiger partial charge in [-0.15, -0.1) is 0 Å². The third-order valence-electron chi connectivity index (χ3n) is 3.40. The largest absolute Gasteiger partial charge is 0.444 e. The van der Waals surface area contributed by atoms with Crippen LogP contribution in [-0.2, 0) is 4.74 Å². The highest BCUT2D eigenvalue weighted by atomic mass is 19.1. The minimum atomic E-state index is -0.803. The Morgan fingerprint density at radius 1 is 1.39 bits per heavy atom. The molecule has 1 fully saturated rings. The predicted octanol–water partition coefficient (Wildman–Crippen LogP) is 3.01. The van der Waals surface area contributed by atoms with Crippen LogP contribution in [0.25, 0.3) is 0 Å². The van der Waals surface area contributed by atoms with Crippen LogP contribution in [0.5, 0.6) is 0 Å². The van der Waals surface area contributed by atoms with Crippen LogP contribution in [-0.4, -0.2) is 33.7 Å². The molecule has 1 aromatic rings. The summed E-state index contributed by atoms with van der Waals surface area (Å²) in [6, 6.07) is 4.72. The van der Waals surface area contributed by atoms with Crippen molar-refractivity contribution in [2.24, 2.45) is 10.9 Å². The summed E-state index contributed by atoms with van der Waals surface area (Å²) in [5.74, 6) is -0.545. The molecule has 1 saturated carbocycles. The summed E-state index contributed by atoms with van der Waals surface area (Å²) in [4.78, 5) is 14.0. The molecule has 3 N–H and O–H groups in total. The third-order valence-corrected chi connectivity index (χ3v) is 3.40. The summed E-state index contributed by atoms with van der Waals surface area (Å²) in [6.45, 7) is 5.31. The molecule has 126 valence electrons. The molecular weight excluding hydrogens is 301 g/mol. The first kappa shape index (κ1) is 17.1. The Balaban J connectivity index is 2.38. The number of amides is 1. The van der Waals surface area contributed by atoms with E-state index in [9.17, 15) is 9.18 Å². The molecule has 1 aliphatic rings. The van der Waals surface area contributed by atoms with Crippen LogP contribution >= 0.6 is 0 Å². The highest BCUT2D eigenvalue weighted by Gasteiger charge is 2.42. The van der Waals surface area contributed by atoms with Crippen molar-refractivity contribution in [2.75, 3.05) is 0 Å². The van der Waals surface area contributed by atoms with Crippen molar-refractivity contribution in [2.45, 2.75) is 51.3 Å². The number of halogens is 1. The van der Waals surface area contributed by atoms with Crippen LogP contribution in [0.1, 0.15) is 45.2 Å². The van der Waals surface area contributed by atoms with Crippen LogP contribution < -0.4 is 5.73 Å². The molecule has 1 aromatic carbocycles. The Morgan fingerprint density at radius 2 is 1.96 bits per heavy atom. The molecule has 1 unspecified atom stereocenters. The second-order valence-corrected chi connectivity index (χ2v) is 6.60. The summed E-state index contributed by atoms with van der Waals surface area (Å²) in [5, 5.41) is 12.1. The molecule has 1 amide bonds. The third kappa shape index (κ3) is 4.34. The second kappa shape index (κ2) is 6.44. The maximum absolute atomic E-state index is 13.2. The second-order valence-electron chi connectivity index (χ2n) is 6.60. The van der Waals surface area contributed by atoms with Gasteiger partial charge in [0.1, 0.15) is 17.5 Å². The Morgan fingerprint density at radius 3 is 2.39 bits per heavy atom. The van der Waals surface area contributed by atoms with Gasteiger partial charge in [-0.2, -0.15) is 0 Å². The average molecular weight is 323 g/mol. The molecule has 0 aromatic heterocycles. The van der Waals surface area contributed by atoms with Gasteiger partial charge in [-0.05, 0) is 51.3 Å². The van der Waals surface area contributed by atoms with Gasteiger partial charge in [-0.3, -0.25) is 4.90 Å². The van der Waals surface area contributed by atoms with Crippen molar-refractivity contribution in [3.05, 3.63) is 35.6 Å². The monoisotopic (exact) mass is 323 g/mol. The Hall–Kier alpha value is -2.31. The van der Waals surface area contributed by atoms with E-state index < -0.39 is 23.6 Å². The zero-order chi connectivity index (χ0) is 17.2. The van der Waals surface area contributed by atoms with E-state index in [1.165, 1.54) is 29.2 Å². The van der Waals surface area contributed by atoms with Gasteiger partial charge in [0, 0.05) is 6.04 Å². The van der Waals surface area contributed by atoms with E-state index in [-0.39, 0.29) is 11.9 Å². The quantitative estimate of drug-likeness (QED) is 0.386. The number of carbonyl (C=O) groups is 1. The number of hydrogen-bond acceptors (Lipinski definition) is 4. The van der Waals surface area contributed by atoms with Crippen LogP contribution in [0.15, 0.2) is 29.4 Å². The molecule has 1 aliphatic carbocycles. The number of oxime groups is 1. The first-order chi connectivity index (χ1) is 10.7. The molecule has 0 heterocycles. The number of hydrogen-bond donors (Lipinski definition) is 2. The number of nitrogens with two attached hydrogens (primary N) is 1. The fourth-order valence-electron chi connectivity index (χ4n) is 2.31. The number of nitrogens with zero attached hydrogens (tertiary/aromatic N) is 2. The predicted molar refractivity (Wildman–Crippen MR) is 83.6 cm³/mol. The summed E-state index contributed by atoms with van der Waals surface area (Å²) >= 11 is 0. The lowest BCUT2D eigenvalue weighted by Crippen LogP contribution is -2.45. The lowest BCUT2D eigenvalue weighted by molar-refractivity contribution is 0.0190. The molecule has 0 saturated heterocycles. The molecule has 0 aliphatic heterocycles. The van der Waals surface area contributed by atoms with Crippen molar-refractivity contribution < 1.29 is 19.1 Å². The highest BCUT2D eigenvalue weighted by Crippen LogP contribution is 2.36. The van der Waals surface area contributed by atoms with Crippen molar-refractivity contribution >= 4 is 11.9 Å². The molecule has 6 nitrogen and oxygen atoms in total. The minimum Gasteiger partial charge on any atom is -0.444 e. The number of ether oxygens (including phenoxy) is 1. The van der Waals surface area contributed by atoms with Crippen LogP contribution in [0, 0.1) is 5.82 Å². The minimum absolute atomic E-state index is 0.0415. The molecule has 7 heteroatoms. The lowest BCUT2D eigenvalue weighted by atomic mass is 10.0. The van der Waals surface area contributed by atoms with Gasteiger partial charge in [0.25, 0.3) is 0 Å². The molecule has 0 spiro atoms. The Kier molecular flexibility index (Phi) is 4.77. The zero-order valence-electron chi connectivity index (χ0n) is 13.5. The van der Waals surface area contributed by atoms with Crippen molar-refractivity contribution in [3.63, 3.8) is 0 Å². The number of rotatable bonds is 4. The van der Waals surface area contributed by atoms with E-state index in [1.54, 1.807) is 20.8 Å². The van der Waals surface area contributed by atoms with Crippen LogP contribution in [0.3, 0.4) is 0 Å². The van der Waals surface area contributed by atoms with E-state index in [0.29, 0.717) is 5.56 Å². The average Bonchev–Trinajstić information content (AvgIpc) is 3.27. The van der Waals surface area contributed by atoms with E-state index in [2.05, 4.69) is 5.16 Å². The maximum atomic E-state index is 13.2. The Labute approximate surface area is 134 Å². The molecule has 1 atom stereocenters. The molecule has 23 heavy (non-hydrogen) atoms. The molecule has 0 radical (unpaired) electrons. The summed E-state index contributed by atoms with van der Waals surface area (Å²) in [6.07, 6.45) is 1.09. The first-order valence-corrected chi connectivity index (χ1v) is 7.47. The van der Waals surface area contributed by atoms with Gasteiger partial charge in [0.2, 0.25) is 0 Å². The lowest BCUT2D eigenvalue weighted by Gasteiger charge is -2.33. The maximum Gasteiger partial charge on any atom is 0.411 e. The van der Waals surface area contributed by atoms with Crippen LogP contribution in [0.4, 0.5) is 9.18 Å². The summed E-state index contributed by atoms with van der Waals surface area (Å²) in [5.41, 5.74) is 5.70. The van der Waals surface area contributed by atoms with E-state index in [1.807, 2.05) is 0 Å². The summed E-state index contributed by atoms with van der Waals surface area (Å²) in [7, 11) is 0. The molecule has 0 bridgehead atoms. The van der Waals surface area contributed by atoms with E-state index in [4.69, 9.17) is 15.7 Å². The van der Waals surface area contributed by atoms with E-state index in [0.717, 1.165) is 12.8 Å². The van der Waals surface area contributed by atoms with Gasteiger partial charge < -0.3 is 15.7 Å². The van der Waals surface area contributed by atoms with Gasteiger partial charge in [-0.1, -0.05) is 17.3 Å². The zero-order valence-corrected chi connectivity index (χ0v) is 13.5. The smallest absolute Gasteiger partial charge is 0.411 e. The van der Waals surface area contributed by atoms with Crippen LogP contribution in [0.2, 0.25) is 0 Å². The topological polar surface area (TPSA) is 88.2 Å². The highest BCUT2D eigenvalue weighted by molar-refractivity contribution is 5.90. The normalized spacial score (nSPS) is 16.8. The fourth-order valence-corrected chi connectivity index (χ4v) is 2.31. The van der Waals surface area contributed by atoms with Gasteiger partial charge >= 0.3 is 6.09 Å². The van der Waals surface area contributed by atoms with Gasteiger partial charge in [-0.25, -0.2) is 9.18 Å². The van der Waals surface area contributed by atoms with Crippen molar-refractivity contribution in [3.8, 4) is 0 Å². The van der Waals surface area contributed by atoms with Gasteiger partial charge in [0.05, 0.1) is 0 Å². The Bertz CT molecular complexity index is 592. The fraction of sp³-hybridized carbons (Fsp3) is 0.500. The SMILES string of the molecule is CC(C)(C)OC(=O)N(C1CC1)C(/C(N)=N/O)c1ccc(F)cc1. The molecule has 2 rings (SSSR count). The molecular formula is C16H22FN3O3. The van der Waals surface area contributed by atoms with Crippen molar-refractivity contribution in [1.29, 1.82) is 0 Å².